The molecule has 0 spiro atoms. The predicted octanol–water partition coefficient (Wildman–Crippen LogP) is 3.89. The summed E-state index contributed by atoms with van der Waals surface area (Å²) < 4.78 is 49.3. The number of nitrogens with zero attached hydrogens (tertiary/aromatic N) is 4. The molecule has 1 fully saturated rings. The zero-order chi connectivity index (χ0) is 21.8. The number of alkyl halides is 3. The molecule has 2 aromatic carbocycles. The van der Waals surface area contributed by atoms with Gasteiger partial charge in [0.1, 0.15) is 6.33 Å². The summed E-state index contributed by atoms with van der Waals surface area (Å²) in [5, 5.41) is 7.66. The lowest BCUT2D eigenvalue weighted by molar-refractivity contribution is -0.102. The topological polar surface area (TPSA) is 60.2 Å². The highest BCUT2D eigenvalue weighted by Gasteiger charge is 2.50. The summed E-state index contributed by atoms with van der Waals surface area (Å²) in [4.78, 5) is 14.4. The molecule has 1 atom stereocenters. The van der Waals surface area contributed by atoms with Gasteiger partial charge in [0.05, 0.1) is 25.2 Å². The number of aryl methyl sites for hydroxylation is 1. The number of amides is 1. The van der Waals surface area contributed by atoms with Gasteiger partial charge < -0.3 is 14.2 Å². The van der Waals surface area contributed by atoms with Crippen LogP contribution in [0, 0.1) is 0 Å². The zero-order valence-corrected chi connectivity index (χ0v) is 16.6. The van der Waals surface area contributed by atoms with Crippen molar-refractivity contribution >= 4 is 11.6 Å². The lowest BCUT2D eigenvalue weighted by Gasteiger charge is -2.43. The van der Waals surface area contributed by atoms with E-state index in [0.717, 1.165) is 0 Å². The Kier molecular flexibility index (Phi) is 4.58. The molecule has 1 unspecified atom stereocenters. The Morgan fingerprint density at radius 1 is 1.13 bits per heavy atom. The highest BCUT2D eigenvalue weighted by Crippen LogP contribution is 2.46. The molecule has 0 saturated carbocycles. The Balaban J connectivity index is 1.51. The summed E-state index contributed by atoms with van der Waals surface area (Å²) in [5.41, 5.74) is 0.685. The molecule has 160 valence electrons. The van der Waals surface area contributed by atoms with Crippen LogP contribution < -0.4 is 4.90 Å². The van der Waals surface area contributed by atoms with E-state index >= 15 is 4.39 Å². The van der Waals surface area contributed by atoms with Gasteiger partial charge in [0, 0.05) is 23.9 Å². The molecule has 2 aliphatic heterocycles. The summed E-state index contributed by atoms with van der Waals surface area (Å²) in [7, 11) is 1.67. The number of rotatable bonds is 5. The molecule has 9 heteroatoms. The minimum atomic E-state index is -2.66. The number of carbonyl (C=O) groups excluding carboxylic acids is 1. The Hall–Kier alpha value is -3.20. The van der Waals surface area contributed by atoms with Gasteiger partial charge in [-0.3, -0.25) is 4.79 Å². The molecule has 6 nitrogen and oxygen atoms in total. The predicted molar refractivity (Wildman–Crippen MR) is 106 cm³/mol. The summed E-state index contributed by atoms with van der Waals surface area (Å²) in [5.74, 6) is -0.154. The number of anilines is 1. The Labute approximate surface area is 176 Å². The maximum absolute atomic E-state index is 15.6. The van der Waals surface area contributed by atoms with Gasteiger partial charge in [0.25, 0.3) is 12.3 Å². The number of ether oxygens (including phenoxy) is 1. The average molecular weight is 428 g/mol. The van der Waals surface area contributed by atoms with E-state index in [9.17, 15) is 13.6 Å². The average Bonchev–Trinajstić information content (AvgIpc) is 3.30. The van der Waals surface area contributed by atoms with E-state index in [-0.39, 0.29) is 42.6 Å². The van der Waals surface area contributed by atoms with E-state index in [1.54, 1.807) is 37.4 Å². The first-order valence-electron chi connectivity index (χ1n) is 9.80. The first-order chi connectivity index (χ1) is 14.9. The highest BCUT2D eigenvalue weighted by atomic mass is 19.3. The van der Waals surface area contributed by atoms with Crippen molar-refractivity contribution < 1.29 is 22.7 Å². The van der Waals surface area contributed by atoms with Crippen molar-refractivity contribution in [3.63, 3.8) is 0 Å². The minimum Gasteiger partial charge on any atom is -0.379 e. The van der Waals surface area contributed by atoms with E-state index in [2.05, 4.69) is 10.2 Å². The van der Waals surface area contributed by atoms with Crippen LogP contribution in [0.2, 0.25) is 0 Å². The smallest absolute Gasteiger partial charge is 0.264 e. The number of hydrogen-bond acceptors (Lipinski definition) is 4. The van der Waals surface area contributed by atoms with Crippen LogP contribution >= 0.6 is 0 Å². The fraction of sp³-hybridized carbons (Fsp3) is 0.318. The molecule has 5 rings (SSSR count). The summed E-state index contributed by atoms with van der Waals surface area (Å²) in [6.07, 6.45) is -2.68. The van der Waals surface area contributed by atoms with Crippen molar-refractivity contribution in [2.75, 3.05) is 18.1 Å². The van der Waals surface area contributed by atoms with Gasteiger partial charge in [-0.25, -0.2) is 13.2 Å². The lowest BCUT2D eigenvalue weighted by Crippen LogP contribution is -2.50. The molecule has 0 N–H and O–H groups in total. The number of halogens is 3. The standard InChI is InChI=1S/C22H19F3N4O2/c1-28-12-26-27-20(28)18(23)22(10-31-11-22)13-4-2-5-14(8-13)29-9-17-15(19(24)25)6-3-7-16(17)21(29)30/h2-8,12,18-19H,9-11H2,1H3. The number of benzene rings is 2. The quantitative estimate of drug-likeness (QED) is 0.619. The number of hydrogen-bond donors (Lipinski definition) is 0. The van der Waals surface area contributed by atoms with Gasteiger partial charge in [-0.15, -0.1) is 10.2 Å². The van der Waals surface area contributed by atoms with Gasteiger partial charge in [-0.05, 0) is 29.3 Å². The van der Waals surface area contributed by atoms with Crippen LogP contribution in [-0.4, -0.2) is 33.9 Å². The summed E-state index contributed by atoms with van der Waals surface area (Å²) in [6, 6.07) is 11.3. The van der Waals surface area contributed by atoms with Crippen LogP contribution in [0.5, 0.6) is 0 Å². The second-order valence-electron chi connectivity index (χ2n) is 7.93. The molecule has 3 heterocycles. The monoisotopic (exact) mass is 428 g/mol. The molecule has 1 amide bonds. The fourth-order valence-electron chi connectivity index (χ4n) is 4.30. The summed E-state index contributed by atoms with van der Waals surface area (Å²) >= 11 is 0. The maximum Gasteiger partial charge on any atom is 0.264 e. The van der Waals surface area contributed by atoms with Crippen LogP contribution in [0.15, 0.2) is 48.8 Å². The van der Waals surface area contributed by atoms with Gasteiger partial charge in [-0.2, -0.15) is 0 Å². The maximum atomic E-state index is 15.6. The number of carbonyl (C=O) groups is 1. The third-order valence-electron chi connectivity index (χ3n) is 6.15. The lowest BCUT2D eigenvalue weighted by atomic mass is 9.74. The second kappa shape index (κ2) is 7.19. The van der Waals surface area contributed by atoms with Gasteiger partial charge >= 0.3 is 0 Å². The Morgan fingerprint density at radius 2 is 1.90 bits per heavy atom. The highest BCUT2D eigenvalue weighted by molar-refractivity contribution is 6.10. The molecular weight excluding hydrogens is 409 g/mol. The van der Waals surface area contributed by atoms with E-state index in [0.29, 0.717) is 16.8 Å². The Bertz CT molecular complexity index is 1160. The van der Waals surface area contributed by atoms with Crippen molar-refractivity contribution in [1.29, 1.82) is 0 Å². The van der Waals surface area contributed by atoms with Crippen molar-refractivity contribution in [3.8, 4) is 0 Å². The molecule has 1 aromatic heterocycles. The molecule has 31 heavy (non-hydrogen) atoms. The number of aromatic nitrogens is 3. The van der Waals surface area contributed by atoms with Crippen LogP contribution in [0.1, 0.15) is 45.5 Å². The number of fused-ring (bicyclic) bond motifs is 1. The molecule has 0 bridgehead atoms. The van der Waals surface area contributed by atoms with E-state index in [1.807, 2.05) is 0 Å². The normalized spacial score (nSPS) is 18.2. The van der Waals surface area contributed by atoms with Gasteiger partial charge in [0.15, 0.2) is 12.0 Å². The first kappa shape index (κ1) is 19.7. The van der Waals surface area contributed by atoms with E-state index < -0.39 is 18.0 Å². The third kappa shape index (κ3) is 2.95. The SMILES string of the molecule is Cn1cnnc1C(F)C1(c2cccc(N3Cc4c(cccc4C(F)F)C3=O)c2)COC1. The molecule has 1 saturated heterocycles. The largest absolute Gasteiger partial charge is 0.379 e. The van der Waals surface area contributed by atoms with Crippen molar-refractivity contribution in [3.05, 3.63) is 76.9 Å². The van der Waals surface area contributed by atoms with Crippen LogP contribution in [0.4, 0.5) is 18.9 Å². The minimum absolute atomic E-state index is 0.0456. The Morgan fingerprint density at radius 3 is 2.55 bits per heavy atom. The van der Waals surface area contributed by atoms with Crippen molar-refractivity contribution in [2.24, 2.45) is 7.05 Å². The molecular formula is C22H19F3N4O2. The van der Waals surface area contributed by atoms with Crippen LogP contribution in [0.25, 0.3) is 0 Å². The van der Waals surface area contributed by atoms with Crippen molar-refractivity contribution in [2.45, 2.75) is 24.6 Å². The third-order valence-corrected chi connectivity index (χ3v) is 6.15. The van der Waals surface area contributed by atoms with E-state index in [4.69, 9.17) is 4.74 Å². The molecule has 3 aromatic rings. The summed E-state index contributed by atoms with van der Waals surface area (Å²) in [6.45, 7) is 0.367. The molecule has 0 aliphatic carbocycles. The fourth-order valence-corrected chi connectivity index (χ4v) is 4.30. The van der Waals surface area contributed by atoms with Crippen LogP contribution in [-0.2, 0) is 23.7 Å². The zero-order valence-electron chi connectivity index (χ0n) is 16.6. The van der Waals surface area contributed by atoms with Gasteiger partial charge in [-0.1, -0.05) is 24.3 Å². The second-order valence-corrected chi connectivity index (χ2v) is 7.93. The molecule has 2 aliphatic rings. The van der Waals surface area contributed by atoms with Crippen molar-refractivity contribution in [1.82, 2.24) is 14.8 Å². The molecule has 0 radical (unpaired) electrons. The van der Waals surface area contributed by atoms with Crippen LogP contribution in [0.3, 0.4) is 0 Å². The van der Waals surface area contributed by atoms with Gasteiger partial charge in [0.2, 0.25) is 0 Å². The first-order valence-corrected chi connectivity index (χ1v) is 9.80. The van der Waals surface area contributed by atoms with E-state index in [1.165, 1.54) is 27.9 Å².